The van der Waals surface area contributed by atoms with Crippen LogP contribution in [0, 0.1) is 0 Å². The Bertz CT molecular complexity index is 583. The Kier molecular flexibility index (Phi) is 4.45. The van der Waals surface area contributed by atoms with Crippen molar-refractivity contribution in [3.63, 3.8) is 0 Å². The highest BCUT2D eigenvalue weighted by Gasteiger charge is 2.44. The van der Waals surface area contributed by atoms with Crippen LogP contribution in [0.4, 0.5) is 9.59 Å². The number of imide groups is 1. The fraction of sp³-hybridized carbons (Fsp3) is 0.438. The van der Waals surface area contributed by atoms with E-state index < -0.39 is 6.09 Å². The molecule has 7 heteroatoms. The molecule has 0 unspecified atom stereocenters. The average molecular weight is 317 g/mol. The van der Waals surface area contributed by atoms with Gasteiger partial charge in [0.05, 0.1) is 6.04 Å². The third-order valence-corrected chi connectivity index (χ3v) is 4.06. The molecule has 0 aliphatic carbocycles. The van der Waals surface area contributed by atoms with Crippen molar-refractivity contribution >= 4 is 18.0 Å². The van der Waals surface area contributed by atoms with E-state index in [1.165, 1.54) is 5.56 Å². The molecular formula is C16H19N3O4. The van der Waals surface area contributed by atoms with Crippen molar-refractivity contribution in [2.45, 2.75) is 18.9 Å². The van der Waals surface area contributed by atoms with Crippen molar-refractivity contribution in [3.05, 3.63) is 35.9 Å². The summed E-state index contributed by atoms with van der Waals surface area (Å²) in [5, 5.41) is 2.86. The van der Waals surface area contributed by atoms with Gasteiger partial charge < -0.3 is 15.0 Å². The fourth-order valence-corrected chi connectivity index (χ4v) is 2.75. The van der Waals surface area contributed by atoms with Crippen LogP contribution in [0.5, 0.6) is 0 Å². The summed E-state index contributed by atoms with van der Waals surface area (Å²) >= 11 is 0. The van der Waals surface area contributed by atoms with Gasteiger partial charge in [0.1, 0.15) is 0 Å². The highest BCUT2D eigenvalue weighted by Crippen LogP contribution is 2.19. The zero-order valence-electron chi connectivity index (χ0n) is 12.7. The Labute approximate surface area is 134 Å². The first kappa shape index (κ1) is 15.3. The lowest BCUT2D eigenvalue weighted by Gasteiger charge is -2.41. The monoisotopic (exact) mass is 317 g/mol. The minimum absolute atomic E-state index is 0.158. The van der Waals surface area contributed by atoms with Crippen LogP contribution >= 0.6 is 0 Å². The number of ether oxygens (including phenoxy) is 1. The number of likely N-dealkylation sites (tertiary alicyclic amines) is 1. The molecule has 2 heterocycles. The SMILES string of the molecule is O=C(NCCCc1ccccc1)N1CC(N2C(=O)COC2=O)C1. The molecule has 4 amide bonds. The van der Waals surface area contributed by atoms with E-state index in [0.29, 0.717) is 19.6 Å². The lowest BCUT2D eigenvalue weighted by molar-refractivity contribution is -0.129. The van der Waals surface area contributed by atoms with Crippen LogP contribution in [0.2, 0.25) is 0 Å². The van der Waals surface area contributed by atoms with Crippen LogP contribution in [-0.4, -0.2) is 60.1 Å². The highest BCUT2D eigenvalue weighted by molar-refractivity contribution is 5.98. The summed E-state index contributed by atoms with van der Waals surface area (Å²) in [6.07, 6.45) is 1.17. The molecule has 2 saturated heterocycles. The molecule has 2 fully saturated rings. The molecule has 1 aromatic carbocycles. The molecule has 0 radical (unpaired) electrons. The van der Waals surface area contributed by atoms with Gasteiger partial charge in [-0.1, -0.05) is 30.3 Å². The molecule has 122 valence electrons. The first-order valence-corrected chi connectivity index (χ1v) is 7.70. The molecule has 2 aliphatic heterocycles. The summed E-state index contributed by atoms with van der Waals surface area (Å²) in [5.41, 5.74) is 1.25. The Morgan fingerprint density at radius 1 is 1.22 bits per heavy atom. The number of nitrogens with zero attached hydrogens (tertiary/aromatic N) is 2. The van der Waals surface area contributed by atoms with Crippen LogP contribution in [0.1, 0.15) is 12.0 Å². The smallest absolute Gasteiger partial charge is 0.417 e. The number of hydrogen-bond acceptors (Lipinski definition) is 4. The van der Waals surface area contributed by atoms with Gasteiger partial charge in [-0.05, 0) is 18.4 Å². The summed E-state index contributed by atoms with van der Waals surface area (Å²) in [5.74, 6) is -0.331. The van der Waals surface area contributed by atoms with Crippen LogP contribution in [0.15, 0.2) is 30.3 Å². The predicted molar refractivity (Wildman–Crippen MR) is 81.7 cm³/mol. The normalized spacial score (nSPS) is 17.9. The lowest BCUT2D eigenvalue weighted by atomic mass is 10.1. The van der Waals surface area contributed by atoms with Crippen molar-refractivity contribution in [2.24, 2.45) is 0 Å². The molecule has 3 rings (SSSR count). The number of nitrogens with one attached hydrogen (secondary N) is 1. The summed E-state index contributed by atoms with van der Waals surface area (Å²) < 4.78 is 4.67. The van der Waals surface area contributed by atoms with Crippen molar-refractivity contribution in [1.82, 2.24) is 15.1 Å². The van der Waals surface area contributed by atoms with Gasteiger partial charge in [-0.15, -0.1) is 0 Å². The average Bonchev–Trinajstić information content (AvgIpc) is 2.83. The number of amides is 4. The standard InChI is InChI=1S/C16H19N3O4/c20-14-11-23-16(22)19(14)13-9-18(10-13)15(21)17-8-4-7-12-5-2-1-3-6-12/h1-3,5-6,13H,4,7-11H2,(H,17,21). The Balaban J connectivity index is 1.35. The largest absolute Gasteiger partial charge is 0.439 e. The molecule has 0 saturated carbocycles. The third kappa shape index (κ3) is 3.44. The number of aryl methyl sites for hydroxylation is 1. The van der Waals surface area contributed by atoms with Crippen molar-refractivity contribution in [3.8, 4) is 0 Å². The second kappa shape index (κ2) is 6.68. The first-order valence-electron chi connectivity index (χ1n) is 7.70. The topological polar surface area (TPSA) is 79.0 Å². The molecular weight excluding hydrogens is 298 g/mol. The van der Waals surface area contributed by atoms with Gasteiger partial charge in [0, 0.05) is 19.6 Å². The van der Waals surface area contributed by atoms with Crippen LogP contribution in [-0.2, 0) is 16.0 Å². The maximum atomic E-state index is 12.0. The Morgan fingerprint density at radius 2 is 1.96 bits per heavy atom. The van der Waals surface area contributed by atoms with Gasteiger partial charge in [0.2, 0.25) is 0 Å². The summed E-state index contributed by atoms with van der Waals surface area (Å²) in [6.45, 7) is 1.14. The molecule has 1 aromatic rings. The second-order valence-electron chi connectivity index (χ2n) is 5.70. The highest BCUT2D eigenvalue weighted by atomic mass is 16.6. The third-order valence-electron chi connectivity index (χ3n) is 4.06. The molecule has 7 nitrogen and oxygen atoms in total. The van der Waals surface area contributed by atoms with E-state index in [1.807, 2.05) is 18.2 Å². The minimum Gasteiger partial charge on any atom is -0.439 e. The predicted octanol–water partition coefficient (Wildman–Crippen LogP) is 0.992. The van der Waals surface area contributed by atoms with Gasteiger partial charge >= 0.3 is 12.1 Å². The molecule has 2 aliphatic rings. The summed E-state index contributed by atoms with van der Waals surface area (Å²) in [4.78, 5) is 37.6. The zero-order chi connectivity index (χ0) is 16.2. The number of urea groups is 1. The molecule has 0 atom stereocenters. The van der Waals surface area contributed by atoms with Crippen molar-refractivity contribution < 1.29 is 19.1 Å². The molecule has 23 heavy (non-hydrogen) atoms. The summed E-state index contributed by atoms with van der Waals surface area (Å²) in [6, 6.07) is 9.69. The number of carbonyl (C=O) groups is 3. The van der Waals surface area contributed by atoms with E-state index in [1.54, 1.807) is 4.90 Å². The summed E-state index contributed by atoms with van der Waals surface area (Å²) in [7, 11) is 0. The lowest BCUT2D eigenvalue weighted by Crippen LogP contribution is -2.64. The quantitative estimate of drug-likeness (QED) is 0.822. The second-order valence-corrected chi connectivity index (χ2v) is 5.70. The van der Waals surface area contributed by atoms with Crippen molar-refractivity contribution in [1.29, 1.82) is 0 Å². The van der Waals surface area contributed by atoms with Gasteiger partial charge in [0.25, 0.3) is 5.91 Å². The maximum absolute atomic E-state index is 12.0. The van der Waals surface area contributed by atoms with E-state index in [2.05, 4.69) is 22.2 Å². The Hall–Kier alpha value is -2.57. The van der Waals surface area contributed by atoms with Crippen molar-refractivity contribution in [2.75, 3.05) is 26.2 Å². The Morgan fingerprint density at radius 3 is 2.61 bits per heavy atom. The number of rotatable bonds is 5. The van der Waals surface area contributed by atoms with Gasteiger partial charge in [-0.3, -0.25) is 4.79 Å². The molecule has 0 aromatic heterocycles. The van der Waals surface area contributed by atoms with Gasteiger partial charge in [0.15, 0.2) is 6.61 Å². The number of carbonyl (C=O) groups excluding carboxylic acids is 3. The number of benzene rings is 1. The van der Waals surface area contributed by atoms with Crippen LogP contribution < -0.4 is 5.32 Å². The minimum atomic E-state index is -0.608. The zero-order valence-corrected chi connectivity index (χ0v) is 12.7. The first-order chi connectivity index (χ1) is 11.1. The molecule has 0 spiro atoms. The number of hydrogen-bond donors (Lipinski definition) is 1. The van der Waals surface area contributed by atoms with Crippen LogP contribution in [0.3, 0.4) is 0 Å². The van der Waals surface area contributed by atoms with Crippen LogP contribution in [0.25, 0.3) is 0 Å². The fourth-order valence-electron chi connectivity index (χ4n) is 2.75. The van der Waals surface area contributed by atoms with Gasteiger partial charge in [-0.2, -0.15) is 0 Å². The van der Waals surface area contributed by atoms with E-state index >= 15 is 0 Å². The molecule has 1 N–H and O–H groups in total. The van der Waals surface area contributed by atoms with E-state index in [4.69, 9.17) is 0 Å². The van der Waals surface area contributed by atoms with E-state index in [0.717, 1.165) is 17.7 Å². The van der Waals surface area contributed by atoms with E-state index in [-0.39, 0.29) is 24.6 Å². The van der Waals surface area contributed by atoms with E-state index in [9.17, 15) is 14.4 Å². The van der Waals surface area contributed by atoms with Gasteiger partial charge in [-0.25, -0.2) is 14.5 Å². The maximum Gasteiger partial charge on any atom is 0.417 e. The molecule has 0 bridgehead atoms. The number of cyclic esters (lactones) is 1.